The van der Waals surface area contributed by atoms with Gasteiger partial charge in [-0.15, -0.1) is 5.76 Å². The van der Waals surface area contributed by atoms with Crippen LogP contribution in [0.2, 0.25) is 0 Å². The molecule has 1 fully saturated rings. The summed E-state index contributed by atoms with van der Waals surface area (Å²) in [5, 5.41) is 21.0. The minimum Gasteiger partial charge on any atom is -0.875 e. The quantitative estimate of drug-likeness (QED) is 0.252. The van der Waals surface area contributed by atoms with Gasteiger partial charge >= 0.3 is 29.6 Å². The summed E-state index contributed by atoms with van der Waals surface area (Å²) in [5.74, 6) is -1.07. The van der Waals surface area contributed by atoms with Crippen molar-refractivity contribution in [1.82, 2.24) is 0 Å². The molecular weight excluding hydrogens is 231 g/mol. The maximum absolute atomic E-state index is 11.6. The second-order valence-electron chi connectivity index (χ2n) is 4.13. The molecule has 0 bridgehead atoms. The second kappa shape index (κ2) is 8.03. The van der Waals surface area contributed by atoms with Gasteiger partial charge in [-0.3, -0.25) is 9.59 Å². The Hall–Kier alpha value is -0.160. The zero-order chi connectivity index (χ0) is 12.1. The van der Waals surface area contributed by atoms with E-state index in [4.69, 9.17) is 0 Å². The number of aliphatic hydroxyl groups is 1. The second-order valence-corrected chi connectivity index (χ2v) is 4.13. The van der Waals surface area contributed by atoms with Crippen LogP contribution in [-0.2, 0) is 9.59 Å². The first-order valence-electron chi connectivity index (χ1n) is 5.70. The van der Waals surface area contributed by atoms with Crippen LogP contribution >= 0.6 is 0 Å². The molecule has 0 aromatic heterocycles. The average molecular weight is 248 g/mol. The van der Waals surface area contributed by atoms with Crippen LogP contribution in [0, 0.1) is 0 Å². The van der Waals surface area contributed by atoms with Crippen molar-refractivity contribution in [2.45, 2.75) is 51.6 Å². The number of hydrogen-bond donors (Lipinski definition) is 1. The molecule has 1 aliphatic rings. The topological polar surface area (TPSA) is 77.4 Å². The van der Waals surface area contributed by atoms with E-state index in [2.05, 4.69) is 0 Å². The van der Waals surface area contributed by atoms with Crippen LogP contribution in [0.25, 0.3) is 0 Å². The predicted octanol–water partition coefficient (Wildman–Crippen LogP) is -2.52. The molecule has 5 heteroatoms. The number of rotatable bonds is 5. The number of carbonyl (C=O) groups is 2. The Bertz CT molecular complexity index is 304. The third kappa shape index (κ3) is 4.92. The van der Waals surface area contributed by atoms with Crippen LogP contribution in [0.15, 0.2) is 11.3 Å². The van der Waals surface area contributed by atoms with Gasteiger partial charge in [-0.1, -0.05) is 13.3 Å². The fourth-order valence-electron chi connectivity index (χ4n) is 1.84. The minimum absolute atomic E-state index is 0. The third-order valence-electron chi connectivity index (χ3n) is 2.74. The molecular formula is C12H17NaO4. The van der Waals surface area contributed by atoms with Gasteiger partial charge in [0, 0.05) is 18.4 Å². The molecule has 1 unspecified atom stereocenters. The Morgan fingerprint density at radius 2 is 1.82 bits per heavy atom. The first-order chi connectivity index (χ1) is 7.56. The van der Waals surface area contributed by atoms with E-state index in [9.17, 15) is 19.8 Å². The largest absolute Gasteiger partial charge is 1.00 e. The van der Waals surface area contributed by atoms with Crippen molar-refractivity contribution in [3.05, 3.63) is 11.3 Å². The molecule has 1 rings (SSSR count). The fraction of sp³-hybridized carbons (Fsp3) is 0.667. The monoisotopic (exact) mass is 248 g/mol. The van der Waals surface area contributed by atoms with E-state index in [1.54, 1.807) is 0 Å². The van der Waals surface area contributed by atoms with Crippen LogP contribution < -0.4 is 34.7 Å². The van der Waals surface area contributed by atoms with E-state index in [0.29, 0.717) is 12.8 Å². The van der Waals surface area contributed by atoms with Crippen molar-refractivity contribution >= 4 is 11.6 Å². The Balaban J connectivity index is 0.00000256. The van der Waals surface area contributed by atoms with Crippen molar-refractivity contribution in [3.8, 4) is 0 Å². The summed E-state index contributed by atoms with van der Waals surface area (Å²) in [7, 11) is 0. The number of hydrogen-bond acceptors (Lipinski definition) is 4. The molecule has 0 radical (unpaired) electrons. The summed E-state index contributed by atoms with van der Waals surface area (Å²) in [6, 6.07) is 0. The Labute approximate surface area is 123 Å². The predicted molar refractivity (Wildman–Crippen MR) is 56.4 cm³/mol. The van der Waals surface area contributed by atoms with Crippen LogP contribution in [-0.4, -0.2) is 22.8 Å². The van der Waals surface area contributed by atoms with Gasteiger partial charge in [-0.05, 0) is 19.3 Å². The molecule has 1 aliphatic carbocycles. The number of carbonyl (C=O) groups excluding carboxylic acids is 2. The maximum atomic E-state index is 11.6. The van der Waals surface area contributed by atoms with Gasteiger partial charge in [-0.2, -0.15) is 0 Å². The van der Waals surface area contributed by atoms with E-state index < -0.39 is 11.9 Å². The molecule has 0 aromatic carbocycles. The molecule has 0 saturated heterocycles. The number of aliphatic hydroxyl groups excluding tert-OH is 1. The summed E-state index contributed by atoms with van der Waals surface area (Å²) in [5.41, 5.74) is -0.149. The number of Topliss-reactive ketones (excluding diaryl/α,β-unsaturated/α-hetero) is 2. The minimum atomic E-state index is -0.513. The fourth-order valence-corrected chi connectivity index (χ4v) is 1.84. The molecule has 0 amide bonds. The van der Waals surface area contributed by atoms with Gasteiger partial charge in [0.15, 0.2) is 11.6 Å². The van der Waals surface area contributed by atoms with Crippen LogP contribution in [0.3, 0.4) is 0 Å². The molecule has 1 N–H and O–H groups in total. The van der Waals surface area contributed by atoms with Gasteiger partial charge in [0.2, 0.25) is 0 Å². The van der Waals surface area contributed by atoms with Gasteiger partial charge in [0.25, 0.3) is 0 Å². The summed E-state index contributed by atoms with van der Waals surface area (Å²) < 4.78 is 0. The van der Waals surface area contributed by atoms with Crippen LogP contribution in [0.1, 0.15) is 45.4 Å². The summed E-state index contributed by atoms with van der Waals surface area (Å²) >= 11 is 0. The Morgan fingerprint density at radius 1 is 1.29 bits per heavy atom. The molecule has 0 aromatic rings. The van der Waals surface area contributed by atoms with Gasteiger partial charge < -0.3 is 10.2 Å². The maximum Gasteiger partial charge on any atom is 1.00 e. The van der Waals surface area contributed by atoms with Crippen LogP contribution in [0.5, 0.6) is 0 Å². The van der Waals surface area contributed by atoms with Crippen molar-refractivity contribution in [3.63, 3.8) is 0 Å². The van der Waals surface area contributed by atoms with Crippen molar-refractivity contribution in [1.29, 1.82) is 0 Å². The Kier molecular flexibility index (Phi) is 7.96. The molecule has 0 aliphatic heterocycles. The van der Waals surface area contributed by atoms with Gasteiger partial charge in [0.1, 0.15) is 0 Å². The zero-order valence-electron chi connectivity index (χ0n) is 10.5. The zero-order valence-corrected chi connectivity index (χ0v) is 12.5. The van der Waals surface area contributed by atoms with E-state index in [-0.39, 0.29) is 66.0 Å². The average Bonchev–Trinajstić information content (AvgIpc) is 2.56. The first kappa shape index (κ1) is 16.8. The van der Waals surface area contributed by atoms with E-state index in [0.717, 1.165) is 6.42 Å². The Morgan fingerprint density at radius 3 is 2.29 bits per heavy atom. The van der Waals surface area contributed by atoms with Crippen molar-refractivity contribution in [2.75, 3.05) is 0 Å². The summed E-state index contributed by atoms with van der Waals surface area (Å²) in [6.07, 6.45) is 1.73. The smallest absolute Gasteiger partial charge is 0.875 e. The molecule has 90 valence electrons. The summed E-state index contributed by atoms with van der Waals surface area (Å²) in [6.45, 7) is 1.95. The molecule has 0 heterocycles. The summed E-state index contributed by atoms with van der Waals surface area (Å²) in [4.78, 5) is 22.5. The third-order valence-corrected chi connectivity index (χ3v) is 2.74. The van der Waals surface area contributed by atoms with E-state index in [1.807, 2.05) is 6.92 Å². The van der Waals surface area contributed by atoms with Gasteiger partial charge in [0.05, 0.1) is 6.10 Å². The molecule has 17 heavy (non-hydrogen) atoms. The van der Waals surface area contributed by atoms with Crippen molar-refractivity contribution in [2.24, 2.45) is 0 Å². The molecule has 1 atom stereocenters. The first-order valence-corrected chi connectivity index (χ1v) is 5.70. The number of allylic oxidation sites excluding steroid dienone is 2. The SMILES string of the molecule is CCCC(O)CCC([O-])=C1C(=O)CCC1=O.[Na+]. The number of ketones is 2. The normalized spacial score (nSPS) is 16.9. The van der Waals surface area contributed by atoms with Crippen molar-refractivity contribution < 1.29 is 49.4 Å². The molecule has 0 spiro atoms. The standard InChI is InChI=1S/C12H18O4.Na/c1-2-3-8(13)4-5-9(14)12-10(15)6-7-11(12)16;/h8,13-14H,2-7H2,1H3;/q;+1/p-1. The van der Waals surface area contributed by atoms with Gasteiger partial charge in [-0.25, -0.2) is 0 Å². The van der Waals surface area contributed by atoms with E-state index >= 15 is 0 Å². The van der Waals surface area contributed by atoms with Crippen LogP contribution in [0.4, 0.5) is 0 Å². The molecule has 1 saturated carbocycles. The molecule has 4 nitrogen and oxygen atoms in total. The van der Waals surface area contributed by atoms with E-state index in [1.165, 1.54) is 0 Å².